The molecule has 1 amide bonds. The lowest BCUT2D eigenvalue weighted by Crippen LogP contribution is -2.11. The highest BCUT2D eigenvalue weighted by molar-refractivity contribution is 5.91. The quantitative estimate of drug-likeness (QED) is 0.392. The maximum Gasteiger partial charge on any atom is 0.225 e. The number of allylic oxidation sites excluding steroid dienone is 1. The van der Waals surface area contributed by atoms with E-state index in [-0.39, 0.29) is 17.9 Å². The first-order chi connectivity index (χ1) is 4.52. The highest BCUT2D eigenvalue weighted by Gasteiger charge is 1.97. The summed E-state index contributed by atoms with van der Waals surface area (Å²) < 4.78 is 0. The number of nitrogens with two attached hydrogens (primary N) is 1. The summed E-state index contributed by atoms with van der Waals surface area (Å²) in [6.45, 7) is 1.50. The van der Waals surface area contributed by atoms with Crippen LogP contribution in [0, 0.1) is 5.41 Å². The number of hydrogen-bond acceptors (Lipinski definition) is 3. The van der Waals surface area contributed by atoms with E-state index in [1.807, 2.05) is 0 Å². The molecular weight excluding hydrogens is 132 g/mol. The number of aliphatic hydroxyl groups is 1. The summed E-state index contributed by atoms with van der Waals surface area (Å²) >= 11 is 0. The molecule has 0 spiro atoms. The maximum absolute atomic E-state index is 10.1. The first-order valence-corrected chi connectivity index (χ1v) is 2.75. The topological polar surface area (TPSA) is 87.2 Å². The Bertz CT molecular complexity index is 184. The molecule has 56 valence electrons. The zero-order valence-corrected chi connectivity index (χ0v) is 5.72. The van der Waals surface area contributed by atoms with Crippen molar-refractivity contribution in [2.45, 2.75) is 13.3 Å². The Labute approximate surface area is 58.9 Å². The molecule has 0 aromatic heterocycles. The van der Waals surface area contributed by atoms with Crippen LogP contribution in [0.5, 0.6) is 0 Å². The first kappa shape index (κ1) is 8.68. The second kappa shape index (κ2) is 3.66. The number of carbonyl (C=O) groups excluding carboxylic acids is 1. The molecule has 4 N–H and O–H groups in total. The van der Waals surface area contributed by atoms with Gasteiger partial charge in [0.1, 0.15) is 5.76 Å². The lowest BCUT2D eigenvalue weighted by atomic mass is 10.3. The molecule has 0 fully saturated rings. The van der Waals surface area contributed by atoms with Crippen LogP contribution in [0.2, 0.25) is 0 Å². The number of primary amides is 1. The van der Waals surface area contributed by atoms with Crippen molar-refractivity contribution in [2.24, 2.45) is 5.73 Å². The van der Waals surface area contributed by atoms with E-state index in [2.05, 4.69) is 0 Å². The van der Waals surface area contributed by atoms with Crippen molar-refractivity contribution in [1.82, 2.24) is 0 Å². The minimum atomic E-state index is -0.602. The van der Waals surface area contributed by atoms with Gasteiger partial charge in [-0.15, -0.1) is 0 Å². The van der Waals surface area contributed by atoms with Crippen LogP contribution >= 0.6 is 0 Å². The SMILES string of the molecule is CC(=N)/C=C(\O)CC(N)=O. The smallest absolute Gasteiger partial charge is 0.225 e. The first-order valence-electron chi connectivity index (χ1n) is 2.75. The minimum Gasteiger partial charge on any atom is -0.512 e. The van der Waals surface area contributed by atoms with E-state index in [4.69, 9.17) is 16.2 Å². The third kappa shape index (κ3) is 4.83. The predicted octanol–water partition coefficient (Wildman–Crippen LogP) is 0.343. The molecule has 0 aromatic rings. The monoisotopic (exact) mass is 142 g/mol. The molecule has 0 aliphatic heterocycles. The molecule has 0 saturated carbocycles. The highest BCUT2D eigenvalue weighted by atomic mass is 16.3. The lowest BCUT2D eigenvalue weighted by molar-refractivity contribution is -0.117. The van der Waals surface area contributed by atoms with E-state index in [1.54, 1.807) is 0 Å². The van der Waals surface area contributed by atoms with Gasteiger partial charge in [0, 0.05) is 5.71 Å². The Balaban J connectivity index is 3.95. The molecule has 0 atom stereocenters. The second-order valence-corrected chi connectivity index (χ2v) is 1.96. The molecule has 10 heavy (non-hydrogen) atoms. The molecule has 4 heteroatoms. The summed E-state index contributed by atoms with van der Waals surface area (Å²) in [6, 6.07) is 0. The zero-order chi connectivity index (χ0) is 8.15. The summed E-state index contributed by atoms with van der Waals surface area (Å²) in [6.07, 6.45) is 0.987. The molecule has 0 heterocycles. The highest BCUT2D eigenvalue weighted by Crippen LogP contribution is 1.94. The van der Waals surface area contributed by atoms with Crippen molar-refractivity contribution >= 4 is 11.6 Å². The fourth-order valence-electron chi connectivity index (χ4n) is 0.479. The van der Waals surface area contributed by atoms with Crippen molar-refractivity contribution in [2.75, 3.05) is 0 Å². The van der Waals surface area contributed by atoms with E-state index < -0.39 is 5.91 Å². The van der Waals surface area contributed by atoms with Gasteiger partial charge >= 0.3 is 0 Å². The predicted molar refractivity (Wildman–Crippen MR) is 37.9 cm³/mol. The molecule has 4 nitrogen and oxygen atoms in total. The van der Waals surface area contributed by atoms with E-state index in [9.17, 15) is 4.79 Å². The fourth-order valence-corrected chi connectivity index (χ4v) is 0.479. The Kier molecular flexibility index (Phi) is 3.17. The van der Waals surface area contributed by atoms with Gasteiger partial charge in [-0.1, -0.05) is 0 Å². The number of nitrogens with one attached hydrogen (secondary N) is 1. The third-order valence-corrected chi connectivity index (χ3v) is 0.738. The summed E-state index contributed by atoms with van der Waals surface area (Å²) in [4.78, 5) is 10.1. The summed E-state index contributed by atoms with van der Waals surface area (Å²) in [5.41, 5.74) is 4.95. The molecular formula is C6H10N2O2. The van der Waals surface area contributed by atoms with E-state index in [1.165, 1.54) is 13.0 Å². The van der Waals surface area contributed by atoms with Gasteiger partial charge in [0.2, 0.25) is 5.91 Å². The molecule has 0 rings (SSSR count). The normalized spacial score (nSPS) is 11.1. The number of aliphatic hydroxyl groups excluding tert-OH is 1. The third-order valence-electron chi connectivity index (χ3n) is 0.738. The molecule has 0 aliphatic rings. The number of amides is 1. The van der Waals surface area contributed by atoms with Gasteiger partial charge in [0.25, 0.3) is 0 Å². The van der Waals surface area contributed by atoms with Crippen molar-refractivity contribution in [3.63, 3.8) is 0 Å². The van der Waals surface area contributed by atoms with Crippen LogP contribution in [-0.2, 0) is 4.79 Å². The molecule has 0 saturated heterocycles. The van der Waals surface area contributed by atoms with Crippen LogP contribution in [0.15, 0.2) is 11.8 Å². The van der Waals surface area contributed by atoms with Gasteiger partial charge in [-0.2, -0.15) is 0 Å². The zero-order valence-electron chi connectivity index (χ0n) is 5.72. The van der Waals surface area contributed by atoms with Gasteiger partial charge in [-0.25, -0.2) is 0 Å². The molecule has 0 radical (unpaired) electrons. The Morgan fingerprint density at radius 1 is 1.80 bits per heavy atom. The summed E-state index contributed by atoms with van der Waals surface area (Å²) in [7, 11) is 0. The molecule has 0 bridgehead atoms. The Morgan fingerprint density at radius 2 is 2.30 bits per heavy atom. The summed E-state index contributed by atoms with van der Waals surface area (Å²) in [5.74, 6) is -0.769. The van der Waals surface area contributed by atoms with Crippen LogP contribution < -0.4 is 5.73 Å². The minimum absolute atomic E-state index is 0.167. The molecule has 0 unspecified atom stereocenters. The second-order valence-electron chi connectivity index (χ2n) is 1.96. The largest absolute Gasteiger partial charge is 0.512 e. The van der Waals surface area contributed by atoms with Gasteiger partial charge in [0.05, 0.1) is 6.42 Å². The number of carbonyl (C=O) groups is 1. The van der Waals surface area contributed by atoms with Crippen molar-refractivity contribution in [3.05, 3.63) is 11.8 Å². The standard InChI is InChI=1S/C6H10N2O2/c1-4(7)2-5(9)3-6(8)10/h2,7,9H,3H2,1H3,(H2,8,10)/b5-2-,7-4?. The van der Waals surface area contributed by atoms with E-state index in [0.717, 1.165) is 0 Å². The van der Waals surface area contributed by atoms with Gasteiger partial charge in [-0.3, -0.25) is 4.79 Å². The molecule has 0 aliphatic carbocycles. The van der Waals surface area contributed by atoms with Crippen molar-refractivity contribution in [1.29, 1.82) is 5.41 Å². The fraction of sp³-hybridized carbons (Fsp3) is 0.333. The van der Waals surface area contributed by atoms with E-state index >= 15 is 0 Å². The average molecular weight is 142 g/mol. The number of hydrogen-bond donors (Lipinski definition) is 3. The van der Waals surface area contributed by atoms with Gasteiger partial charge in [0.15, 0.2) is 0 Å². The van der Waals surface area contributed by atoms with Crippen LogP contribution in [-0.4, -0.2) is 16.7 Å². The van der Waals surface area contributed by atoms with E-state index in [0.29, 0.717) is 0 Å². The maximum atomic E-state index is 10.1. The van der Waals surface area contributed by atoms with Gasteiger partial charge < -0.3 is 16.2 Å². The van der Waals surface area contributed by atoms with Crippen molar-refractivity contribution in [3.8, 4) is 0 Å². The Morgan fingerprint density at radius 3 is 2.60 bits per heavy atom. The van der Waals surface area contributed by atoms with Crippen LogP contribution in [0.4, 0.5) is 0 Å². The van der Waals surface area contributed by atoms with Crippen molar-refractivity contribution < 1.29 is 9.90 Å². The number of rotatable bonds is 3. The van der Waals surface area contributed by atoms with Crippen LogP contribution in [0.1, 0.15) is 13.3 Å². The van der Waals surface area contributed by atoms with Gasteiger partial charge in [-0.05, 0) is 13.0 Å². The van der Waals surface area contributed by atoms with Crippen LogP contribution in [0.3, 0.4) is 0 Å². The molecule has 0 aromatic carbocycles. The Hall–Kier alpha value is -1.32. The average Bonchev–Trinajstić information content (AvgIpc) is 1.58. The lowest BCUT2D eigenvalue weighted by Gasteiger charge is -1.93. The van der Waals surface area contributed by atoms with Crippen LogP contribution in [0.25, 0.3) is 0 Å². The summed E-state index contributed by atoms with van der Waals surface area (Å²) in [5, 5.41) is 15.7.